The maximum Gasteiger partial charge on any atom is 0.165 e. The molecule has 0 aliphatic heterocycles. The molecule has 0 fully saturated rings. The molecule has 0 bridgehead atoms. The molecule has 0 radical (unpaired) electrons. The maximum absolute atomic E-state index is 13.3. The summed E-state index contributed by atoms with van der Waals surface area (Å²) in [6, 6.07) is 13.8. The van der Waals surface area contributed by atoms with Crippen molar-refractivity contribution in [2.24, 2.45) is 0 Å². The van der Waals surface area contributed by atoms with Crippen molar-refractivity contribution in [1.82, 2.24) is 0 Å². The van der Waals surface area contributed by atoms with Gasteiger partial charge in [-0.15, -0.1) is 0 Å². The molecule has 0 N–H and O–H groups in total. The first kappa shape index (κ1) is 11.0. The van der Waals surface area contributed by atoms with Crippen LogP contribution in [0.4, 0.5) is 4.39 Å². The summed E-state index contributed by atoms with van der Waals surface area (Å²) in [5.74, 6) is -0.225. The second kappa shape index (κ2) is 4.99. The van der Waals surface area contributed by atoms with Crippen LogP contribution < -0.4 is 4.74 Å². The Bertz CT molecular complexity index is 471. The molecule has 0 saturated carbocycles. The standard InChI is InChI=1S/C13H10ClFO/c14-11-6-7-12(15)13(8-11)16-9-10-4-2-1-3-5-10/h1-8H,9H2. The number of benzene rings is 2. The van der Waals surface area contributed by atoms with Crippen molar-refractivity contribution in [2.45, 2.75) is 6.61 Å². The summed E-state index contributed by atoms with van der Waals surface area (Å²) >= 11 is 5.75. The van der Waals surface area contributed by atoms with Crippen LogP contribution >= 0.6 is 11.6 Å². The molecule has 0 spiro atoms. The smallest absolute Gasteiger partial charge is 0.165 e. The molecule has 82 valence electrons. The van der Waals surface area contributed by atoms with E-state index in [9.17, 15) is 4.39 Å². The van der Waals surface area contributed by atoms with Crippen molar-refractivity contribution >= 4 is 11.6 Å². The highest BCUT2D eigenvalue weighted by molar-refractivity contribution is 6.30. The van der Waals surface area contributed by atoms with E-state index in [1.54, 1.807) is 0 Å². The molecule has 0 heterocycles. The van der Waals surface area contributed by atoms with Crippen LogP contribution in [0.25, 0.3) is 0 Å². The Labute approximate surface area is 98.4 Å². The average Bonchev–Trinajstić information content (AvgIpc) is 2.32. The Morgan fingerprint density at radius 2 is 1.81 bits per heavy atom. The third kappa shape index (κ3) is 2.74. The van der Waals surface area contributed by atoms with Gasteiger partial charge < -0.3 is 4.74 Å². The van der Waals surface area contributed by atoms with Gasteiger partial charge in [0, 0.05) is 11.1 Å². The number of hydrogen-bond donors (Lipinski definition) is 0. The van der Waals surface area contributed by atoms with E-state index in [0.717, 1.165) is 5.56 Å². The Balaban J connectivity index is 2.08. The van der Waals surface area contributed by atoms with E-state index < -0.39 is 5.82 Å². The van der Waals surface area contributed by atoms with Crippen LogP contribution in [-0.2, 0) is 6.61 Å². The highest BCUT2D eigenvalue weighted by Gasteiger charge is 2.04. The second-order valence-electron chi connectivity index (χ2n) is 3.35. The van der Waals surface area contributed by atoms with Crippen molar-refractivity contribution in [3.63, 3.8) is 0 Å². The minimum Gasteiger partial charge on any atom is -0.486 e. The van der Waals surface area contributed by atoms with E-state index in [4.69, 9.17) is 16.3 Å². The molecular formula is C13H10ClFO. The summed E-state index contributed by atoms with van der Waals surface area (Å²) in [6.07, 6.45) is 0. The molecule has 0 aromatic heterocycles. The van der Waals surface area contributed by atoms with Gasteiger partial charge in [-0.05, 0) is 17.7 Å². The first-order valence-corrected chi connectivity index (χ1v) is 5.25. The van der Waals surface area contributed by atoms with Gasteiger partial charge in [0.25, 0.3) is 0 Å². The third-order valence-corrected chi connectivity index (χ3v) is 2.37. The number of rotatable bonds is 3. The van der Waals surface area contributed by atoms with E-state index in [-0.39, 0.29) is 5.75 Å². The largest absolute Gasteiger partial charge is 0.486 e. The first-order valence-electron chi connectivity index (χ1n) is 4.87. The number of hydrogen-bond acceptors (Lipinski definition) is 1. The average molecular weight is 237 g/mol. The summed E-state index contributed by atoms with van der Waals surface area (Å²) in [4.78, 5) is 0. The van der Waals surface area contributed by atoms with E-state index in [1.165, 1.54) is 18.2 Å². The fraction of sp³-hybridized carbons (Fsp3) is 0.0769. The van der Waals surface area contributed by atoms with Crippen LogP contribution in [0.5, 0.6) is 5.75 Å². The van der Waals surface area contributed by atoms with Crippen molar-refractivity contribution in [1.29, 1.82) is 0 Å². The summed E-state index contributed by atoms with van der Waals surface area (Å²) < 4.78 is 18.6. The predicted octanol–water partition coefficient (Wildman–Crippen LogP) is 4.06. The molecule has 0 aliphatic rings. The minimum atomic E-state index is -0.402. The molecule has 0 aliphatic carbocycles. The lowest BCUT2D eigenvalue weighted by Gasteiger charge is -2.07. The fourth-order valence-corrected chi connectivity index (χ4v) is 1.49. The van der Waals surface area contributed by atoms with Gasteiger partial charge in [0.2, 0.25) is 0 Å². The molecule has 0 saturated heterocycles. The molecule has 2 aromatic rings. The van der Waals surface area contributed by atoms with Crippen molar-refractivity contribution in [3.8, 4) is 5.75 Å². The van der Waals surface area contributed by atoms with E-state index >= 15 is 0 Å². The second-order valence-corrected chi connectivity index (χ2v) is 3.79. The highest BCUT2D eigenvalue weighted by atomic mass is 35.5. The first-order chi connectivity index (χ1) is 7.75. The van der Waals surface area contributed by atoms with Gasteiger partial charge in [-0.25, -0.2) is 4.39 Å². The summed E-state index contributed by atoms with van der Waals surface area (Å²) in [7, 11) is 0. The SMILES string of the molecule is Fc1ccc(Cl)cc1OCc1ccccc1. The number of ether oxygens (including phenoxy) is 1. The Kier molecular flexibility index (Phi) is 3.42. The normalized spacial score (nSPS) is 10.1. The minimum absolute atomic E-state index is 0.177. The van der Waals surface area contributed by atoms with E-state index in [2.05, 4.69) is 0 Å². The van der Waals surface area contributed by atoms with Crippen LogP contribution in [0.3, 0.4) is 0 Å². The Morgan fingerprint density at radius 3 is 2.56 bits per heavy atom. The van der Waals surface area contributed by atoms with Crippen molar-refractivity contribution < 1.29 is 9.13 Å². The van der Waals surface area contributed by atoms with Gasteiger partial charge in [-0.3, -0.25) is 0 Å². The quantitative estimate of drug-likeness (QED) is 0.781. The Morgan fingerprint density at radius 1 is 1.06 bits per heavy atom. The molecule has 3 heteroatoms. The van der Waals surface area contributed by atoms with Gasteiger partial charge >= 0.3 is 0 Å². The molecule has 1 nitrogen and oxygen atoms in total. The summed E-state index contributed by atoms with van der Waals surface area (Å²) in [5.41, 5.74) is 0.988. The fourth-order valence-electron chi connectivity index (χ4n) is 1.32. The zero-order valence-electron chi connectivity index (χ0n) is 8.49. The third-order valence-electron chi connectivity index (χ3n) is 2.13. The summed E-state index contributed by atoms with van der Waals surface area (Å²) in [5, 5.41) is 0.462. The van der Waals surface area contributed by atoms with Gasteiger partial charge in [0.05, 0.1) is 0 Å². The van der Waals surface area contributed by atoms with Gasteiger partial charge in [-0.1, -0.05) is 41.9 Å². The predicted molar refractivity (Wildman–Crippen MR) is 62.2 cm³/mol. The van der Waals surface area contributed by atoms with Crippen LogP contribution in [0.15, 0.2) is 48.5 Å². The monoisotopic (exact) mass is 236 g/mol. The van der Waals surface area contributed by atoms with E-state index in [1.807, 2.05) is 30.3 Å². The van der Waals surface area contributed by atoms with Crippen molar-refractivity contribution in [3.05, 3.63) is 64.9 Å². The highest BCUT2D eigenvalue weighted by Crippen LogP contribution is 2.22. The van der Waals surface area contributed by atoms with Gasteiger partial charge in [0.1, 0.15) is 6.61 Å². The van der Waals surface area contributed by atoms with E-state index in [0.29, 0.717) is 11.6 Å². The number of halogens is 2. The Hall–Kier alpha value is -1.54. The topological polar surface area (TPSA) is 9.23 Å². The lowest BCUT2D eigenvalue weighted by molar-refractivity contribution is 0.290. The van der Waals surface area contributed by atoms with Crippen LogP contribution in [-0.4, -0.2) is 0 Å². The van der Waals surface area contributed by atoms with Gasteiger partial charge in [0.15, 0.2) is 11.6 Å². The molecular weight excluding hydrogens is 227 g/mol. The lowest BCUT2D eigenvalue weighted by Crippen LogP contribution is -1.96. The zero-order valence-corrected chi connectivity index (χ0v) is 9.25. The lowest BCUT2D eigenvalue weighted by atomic mass is 10.2. The molecule has 2 aromatic carbocycles. The van der Waals surface area contributed by atoms with Crippen molar-refractivity contribution in [2.75, 3.05) is 0 Å². The summed E-state index contributed by atoms with van der Waals surface area (Å²) in [6.45, 7) is 0.331. The van der Waals surface area contributed by atoms with Gasteiger partial charge in [-0.2, -0.15) is 0 Å². The molecule has 2 rings (SSSR count). The molecule has 0 unspecified atom stereocenters. The molecule has 0 amide bonds. The van der Waals surface area contributed by atoms with Crippen LogP contribution in [0.1, 0.15) is 5.56 Å². The molecule has 0 atom stereocenters. The van der Waals surface area contributed by atoms with Crippen LogP contribution in [0.2, 0.25) is 5.02 Å². The maximum atomic E-state index is 13.3. The zero-order chi connectivity index (χ0) is 11.4. The molecule has 16 heavy (non-hydrogen) atoms. The van der Waals surface area contributed by atoms with Crippen LogP contribution in [0, 0.1) is 5.82 Å².